The van der Waals surface area contributed by atoms with Gasteiger partial charge in [0.25, 0.3) is 11.8 Å². The first-order valence-electron chi connectivity index (χ1n) is 9.67. The average molecular weight is 373 g/mol. The molecule has 0 saturated carbocycles. The number of hydrogen-bond donors (Lipinski definition) is 1. The molecule has 1 fully saturated rings. The third-order valence-corrected chi connectivity index (χ3v) is 5.41. The molecule has 1 N–H and O–H groups in total. The number of rotatable bonds is 4. The van der Waals surface area contributed by atoms with Crippen molar-refractivity contribution in [3.05, 3.63) is 78.1 Å². The summed E-state index contributed by atoms with van der Waals surface area (Å²) in [5, 5.41) is 5.13. The molecule has 0 spiro atoms. The first-order valence-corrected chi connectivity index (χ1v) is 9.67. The number of aromatic nitrogens is 1. The van der Waals surface area contributed by atoms with Crippen molar-refractivity contribution < 1.29 is 9.59 Å². The fourth-order valence-corrected chi connectivity index (χ4v) is 3.77. The molecule has 2 heterocycles. The van der Waals surface area contributed by atoms with Crippen molar-refractivity contribution in [2.45, 2.75) is 12.8 Å². The molecule has 0 radical (unpaired) electrons. The molecule has 3 aromatic rings. The van der Waals surface area contributed by atoms with E-state index >= 15 is 0 Å². The zero-order chi connectivity index (χ0) is 19.3. The Morgan fingerprint density at radius 3 is 2.46 bits per heavy atom. The Bertz CT molecular complexity index is 974. The highest BCUT2D eigenvalue weighted by molar-refractivity contribution is 6.07. The van der Waals surface area contributed by atoms with Gasteiger partial charge in [-0.25, -0.2) is 0 Å². The van der Waals surface area contributed by atoms with Gasteiger partial charge in [-0.3, -0.25) is 14.6 Å². The molecule has 2 amide bonds. The lowest BCUT2D eigenvalue weighted by atomic mass is 9.96. The van der Waals surface area contributed by atoms with E-state index in [1.54, 1.807) is 24.5 Å². The number of pyridine rings is 1. The smallest absolute Gasteiger partial charge is 0.253 e. The lowest BCUT2D eigenvalue weighted by Gasteiger charge is -2.32. The molecule has 0 aliphatic carbocycles. The maximum atomic E-state index is 12.7. The normalized spacial score (nSPS) is 14.8. The van der Waals surface area contributed by atoms with Crippen molar-refractivity contribution >= 4 is 22.6 Å². The zero-order valence-electron chi connectivity index (χ0n) is 15.7. The molecule has 0 bridgehead atoms. The van der Waals surface area contributed by atoms with E-state index in [4.69, 9.17) is 0 Å². The van der Waals surface area contributed by atoms with Gasteiger partial charge >= 0.3 is 0 Å². The average Bonchev–Trinajstić information content (AvgIpc) is 2.77. The number of piperidine rings is 1. The van der Waals surface area contributed by atoms with Gasteiger partial charge in [-0.15, -0.1) is 0 Å². The van der Waals surface area contributed by atoms with Crippen LogP contribution in [0.15, 0.2) is 67.0 Å². The number of fused-ring (bicyclic) bond motifs is 1. The predicted octanol–water partition coefficient (Wildman–Crippen LogP) is 3.52. The molecule has 28 heavy (non-hydrogen) atoms. The van der Waals surface area contributed by atoms with E-state index in [9.17, 15) is 9.59 Å². The number of benzene rings is 2. The number of carbonyl (C=O) groups is 2. The van der Waals surface area contributed by atoms with Gasteiger partial charge in [0.2, 0.25) is 0 Å². The van der Waals surface area contributed by atoms with Crippen molar-refractivity contribution in [1.29, 1.82) is 0 Å². The molecule has 5 nitrogen and oxygen atoms in total. The summed E-state index contributed by atoms with van der Waals surface area (Å²) in [6, 6.07) is 17.2. The van der Waals surface area contributed by atoms with E-state index in [0.29, 0.717) is 23.6 Å². The van der Waals surface area contributed by atoms with Gasteiger partial charge in [0.15, 0.2) is 0 Å². The summed E-state index contributed by atoms with van der Waals surface area (Å²) in [4.78, 5) is 31.0. The first kappa shape index (κ1) is 18.2. The van der Waals surface area contributed by atoms with E-state index in [1.165, 1.54) is 0 Å². The molecule has 5 heteroatoms. The summed E-state index contributed by atoms with van der Waals surface area (Å²) in [5.41, 5.74) is 1.39. The predicted molar refractivity (Wildman–Crippen MR) is 109 cm³/mol. The van der Waals surface area contributed by atoms with Crippen LogP contribution < -0.4 is 5.32 Å². The van der Waals surface area contributed by atoms with E-state index < -0.39 is 0 Å². The SMILES string of the molecule is O=C(NCC1CCN(C(=O)c2ccncc2)CC1)c1cccc2ccccc12. The van der Waals surface area contributed by atoms with Crippen molar-refractivity contribution in [3.63, 3.8) is 0 Å². The number of amides is 2. The van der Waals surface area contributed by atoms with Gasteiger partial charge in [-0.2, -0.15) is 0 Å². The Hall–Kier alpha value is -3.21. The van der Waals surface area contributed by atoms with Crippen LogP contribution in [0.3, 0.4) is 0 Å². The highest BCUT2D eigenvalue weighted by Crippen LogP contribution is 2.20. The lowest BCUT2D eigenvalue weighted by Crippen LogP contribution is -2.41. The number of nitrogens with zero attached hydrogens (tertiary/aromatic N) is 2. The second kappa shape index (κ2) is 8.21. The number of carbonyl (C=O) groups excluding carboxylic acids is 2. The van der Waals surface area contributed by atoms with Gasteiger partial charge in [0.1, 0.15) is 0 Å². The molecular formula is C23H23N3O2. The van der Waals surface area contributed by atoms with Crippen molar-refractivity contribution in [1.82, 2.24) is 15.2 Å². The molecule has 4 rings (SSSR count). The van der Waals surface area contributed by atoms with E-state index in [2.05, 4.69) is 10.3 Å². The minimum absolute atomic E-state index is 0.0351. The molecule has 1 saturated heterocycles. The summed E-state index contributed by atoms with van der Waals surface area (Å²) in [7, 11) is 0. The summed E-state index contributed by atoms with van der Waals surface area (Å²) < 4.78 is 0. The maximum absolute atomic E-state index is 12.7. The van der Waals surface area contributed by atoms with E-state index in [1.807, 2.05) is 47.4 Å². The maximum Gasteiger partial charge on any atom is 0.253 e. The van der Waals surface area contributed by atoms with Gasteiger partial charge < -0.3 is 10.2 Å². The van der Waals surface area contributed by atoms with Gasteiger partial charge in [0.05, 0.1) is 0 Å². The second-order valence-corrected chi connectivity index (χ2v) is 7.21. The number of nitrogens with one attached hydrogen (secondary N) is 1. The first-order chi connectivity index (χ1) is 13.7. The minimum atomic E-state index is -0.0351. The third kappa shape index (κ3) is 3.88. The third-order valence-electron chi connectivity index (χ3n) is 5.41. The molecule has 2 aromatic carbocycles. The van der Waals surface area contributed by atoms with Gasteiger partial charge in [-0.1, -0.05) is 36.4 Å². The van der Waals surface area contributed by atoms with Crippen LogP contribution >= 0.6 is 0 Å². The fourth-order valence-electron chi connectivity index (χ4n) is 3.77. The van der Waals surface area contributed by atoms with Crippen LogP contribution in [0.2, 0.25) is 0 Å². The van der Waals surface area contributed by atoms with Crippen LogP contribution in [-0.2, 0) is 0 Å². The zero-order valence-corrected chi connectivity index (χ0v) is 15.7. The lowest BCUT2D eigenvalue weighted by molar-refractivity contribution is 0.0684. The molecule has 0 unspecified atom stereocenters. The Morgan fingerprint density at radius 2 is 1.68 bits per heavy atom. The van der Waals surface area contributed by atoms with Crippen LogP contribution in [0.4, 0.5) is 0 Å². The largest absolute Gasteiger partial charge is 0.352 e. The van der Waals surface area contributed by atoms with Crippen LogP contribution in [0.5, 0.6) is 0 Å². The van der Waals surface area contributed by atoms with Crippen molar-refractivity contribution in [2.75, 3.05) is 19.6 Å². The number of hydrogen-bond acceptors (Lipinski definition) is 3. The van der Waals surface area contributed by atoms with Crippen LogP contribution in [-0.4, -0.2) is 41.3 Å². The Morgan fingerprint density at radius 1 is 0.964 bits per heavy atom. The summed E-state index contributed by atoms with van der Waals surface area (Å²) in [5.74, 6) is 0.410. The van der Waals surface area contributed by atoms with E-state index in [-0.39, 0.29) is 11.8 Å². The molecule has 1 aliphatic heterocycles. The van der Waals surface area contributed by atoms with Crippen LogP contribution in [0.1, 0.15) is 33.6 Å². The summed E-state index contributed by atoms with van der Waals surface area (Å²) in [6.45, 7) is 2.07. The molecule has 0 atom stereocenters. The minimum Gasteiger partial charge on any atom is -0.352 e. The monoisotopic (exact) mass is 373 g/mol. The summed E-state index contributed by atoms with van der Waals surface area (Å²) in [6.07, 6.45) is 5.07. The van der Waals surface area contributed by atoms with Crippen LogP contribution in [0, 0.1) is 5.92 Å². The molecule has 1 aliphatic rings. The Kier molecular flexibility index (Phi) is 5.33. The fraction of sp³-hybridized carbons (Fsp3) is 0.261. The molecule has 142 valence electrons. The van der Waals surface area contributed by atoms with Gasteiger partial charge in [0, 0.05) is 43.2 Å². The molecular weight excluding hydrogens is 350 g/mol. The second-order valence-electron chi connectivity index (χ2n) is 7.21. The van der Waals surface area contributed by atoms with E-state index in [0.717, 1.165) is 36.7 Å². The Balaban J connectivity index is 1.32. The van der Waals surface area contributed by atoms with Crippen molar-refractivity contribution in [2.24, 2.45) is 5.92 Å². The highest BCUT2D eigenvalue weighted by Gasteiger charge is 2.24. The number of likely N-dealkylation sites (tertiary alicyclic amines) is 1. The van der Waals surface area contributed by atoms with Crippen molar-refractivity contribution in [3.8, 4) is 0 Å². The topological polar surface area (TPSA) is 62.3 Å². The van der Waals surface area contributed by atoms with Gasteiger partial charge in [-0.05, 0) is 47.7 Å². The van der Waals surface area contributed by atoms with Crippen LogP contribution in [0.25, 0.3) is 10.8 Å². The summed E-state index contributed by atoms with van der Waals surface area (Å²) >= 11 is 0. The standard InChI is InChI=1S/C23H23N3O2/c27-22(21-7-3-5-18-4-1-2-6-20(18)21)25-16-17-10-14-26(15-11-17)23(28)19-8-12-24-13-9-19/h1-9,12-13,17H,10-11,14-16H2,(H,25,27). The quantitative estimate of drug-likeness (QED) is 0.761. The molecule has 1 aromatic heterocycles. The highest BCUT2D eigenvalue weighted by atomic mass is 16.2. The Labute approximate surface area is 164 Å².